The van der Waals surface area contributed by atoms with E-state index >= 15 is 0 Å². The molecule has 1 aromatic carbocycles. The molecule has 112 valence electrons. The Balaban J connectivity index is 1.74. The Bertz CT molecular complexity index is 709. The molecule has 5 heteroatoms. The largest absolute Gasteiger partial charge is 0.326 e. The zero-order valence-corrected chi connectivity index (χ0v) is 12.3. The number of hydrogen-bond acceptors (Lipinski definition) is 3. The minimum atomic E-state index is -0.203. The number of nitrogens with one attached hydrogen (secondary N) is 2. The molecule has 1 aliphatic rings. The predicted octanol–water partition coefficient (Wildman–Crippen LogP) is 2.99. The summed E-state index contributed by atoms with van der Waals surface area (Å²) in [6, 6.07) is 8.79. The molecular weight excluding hydrogens is 278 g/mol. The van der Waals surface area contributed by atoms with Crippen molar-refractivity contribution in [3.63, 3.8) is 0 Å². The number of carbonyl (C=O) groups excluding carboxylic acids is 2. The van der Waals surface area contributed by atoms with Gasteiger partial charge < -0.3 is 10.6 Å². The normalized spacial score (nSPS) is 13.5. The Hall–Kier alpha value is -2.69. The topological polar surface area (TPSA) is 71.1 Å². The molecule has 2 aromatic rings. The number of aryl methyl sites for hydroxylation is 1. The van der Waals surface area contributed by atoms with Crippen molar-refractivity contribution in [1.29, 1.82) is 0 Å². The van der Waals surface area contributed by atoms with Gasteiger partial charge in [0.05, 0.1) is 0 Å². The van der Waals surface area contributed by atoms with Crippen LogP contribution in [-0.2, 0) is 4.79 Å². The second kappa shape index (κ2) is 5.97. The van der Waals surface area contributed by atoms with E-state index in [0.29, 0.717) is 11.3 Å². The Morgan fingerprint density at radius 2 is 1.82 bits per heavy atom. The summed E-state index contributed by atoms with van der Waals surface area (Å²) in [7, 11) is 0. The van der Waals surface area contributed by atoms with E-state index in [1.54, 1.807) is 30.6 Å². The lowest BCUT2D eigenvalue weighted by Crippen LogP contribution is -2.15. The van der Waals surface area contributed by atoms with Crippen LogP contribution in [0, 0.1) is 12.8 Å². The third-order valence-electron chi connectivity index (χ3n) is 3.64. The standard InChI is InChI=1S/C17H17N3O2/c1-11-2-5-14(10-15(11)20-17(22)12-3-4-12)19-16(21)13-6-8-18-9-7-13/h2,5-10,12H,3-4H2,1H3,(H,19,21)(H,20,22). The second-order valence-electron chi connectivity index (χ2n) is 5.48. The Morgan fingerprint density at radius 1 is 1.09 bits per heavy atom. The molecule has 0 radical (unpaired) electrons. The molecule has 0 unspecified atom stereocenters. The molecule has 0 spiro atoms. The van der Waals surface area contributed by atoms with Crippen LogP contribution in [0.4, 0.5) is 11.4 Å². The molecule has 2 N–H and O–H groups in total. The van der Waals surface area contributed by atoms with E-state index in [9.17, 15) is 9.59 Å². The van der Waals surface area contributed by atoms with Gasteiger partial charge in [0.15, 0.2) is 0 Å². The van der Waals surface area contributed by atoms with Crippen molar-refractivity contribution in [1.82, 2.24) is 4.98 Å². The first-order valence-corrected chi connectivity index (χ1v) is 7.26. The highest BCUT2D eigenvalue weighted by molar-refractivity contribution is 6.04. The molecule has 1 fully saturated rings. The van der Waals surface area contributed by atoms with Crippen LogP contribution in [0.2, 0.25) is 0 Å². The number of hydrogen-bond donors (Lipinski definition) is 2. The van der Waals surface area contributed by atoms with Crippen LogP contribution in [-0.4, -0.2) is 16.8 Å². The highest BCUT2D eigenvalue weighted by Crippen LogP contribution is 2.31. The second-order valence-corrected chi connectivity index (χ2v) is 5.48. The van der Waals surface area contributed by atoms with E-state index in [2.05, 4.69) is 15.6 Å². The van der Waals surface area contributed by atoms with Crippen molar-refractivity contribution in [2.75, 3.05) is 10.6 Å². The van der Waals surface area contributed by atoms with Crippen LogP contribution in [0.1, 0.15) is 28.8 Å². The van der Waals surface area contributed by atoms with Gasteiger partial charge in [0.1, 0.15) is 0 Å². The number of aromatic nitrogens is 1. The van der Waals surface area contributed by atoms with Gasteiger partial charge in [0.2, 0.25) is 5.91 Å². The highest BCUT2D eigenvalue weighted by atomic mass is 16.2. The van der Waals surface area contributed by atoms with Crippen LogP contribution in [0.3, 0.4) is 0 Å². The maximum Gasteiger partial charge on any atom is 0.255 e. The molecule has 22 heavy (non-hydrogen) atoms. The summed E-state index contributed by atoms with van der Waals surface area (Å²) in [6.45, 7) is 1.93. The van der Waals surface area contributed by atoms with E-state index < -0.39 is 0 Å². The summed E-state index contributed by atoms with van der Waals surface area (Å²) in [5, 5.41) is 5.75. The van der Waals surface area contributed by atoms with Gasteiger partial charge in [0, 0.05) is 35.2 Å². The lowest BCUT2D eigenvalue weighted by atomic mass is 10.1. The average molecular weight is 295 g/mol. The molecular formula is C17H17N3O2. The van der Waals surface area contributed by atoms with Gasteiger partial charge in [-0.2, -0.15) is 0 Å². The molecule has 0 atom stereocenters. The minimum absolute atomic E-state index is 0.0562. The number of anilines is 2. The van der Waals surface area contributed by atoms with Crippen LogP contribution in [0.5, 0.6) is 0 Å². The maximum absolute atomic E-state index is 12.1. The summed E-state index contributed by atoms with van der Waals surface area (Å²) < 4.78 is 0. The Kier molecular flexibility index (Phi) is 3.87. The lowest BCUT2D eigenvalue weighted by Gasteiger charge is -2.11. The van der Waals surface area contributed by atoms with Crippen LogP contribution in [0.15, 0.2) is 42.7 Å². The summed E-state index contributed by atoms with van der Waals surface area (Å²) in [5.41, 5.74) is 2.90. The predicted molar refractivity (Wildman–Crippen MR) is 84.7 cm³/mol. The molecule has 0 saturated heterocycles. The number of pyridine rings is 1. The van der Waals surface area contributed by atoms with Gasteiger partial charge in [-0.3, -0.25) is 14.6 Å². The fraction of sp³-hybridized carbons (Fsp3) is 0.235. The van der Waals surface area contributed by atoms with Crippen LogP contribution in [0.25, 0.3) is 0 Å². The van der Waals surface area contributed by atoms with Gasteiger partial charge >= 0.3 is 0 Å². The molecule has 1 aromatic heterocycles. The number of nitrogens with zero attached hydrogens (tertiary/aromatic N) is 1. The third-order valence-corrected chi connectivity index (χ3v) is 3.64. The fourth-order valence-electron chi connectivity index (χ4n) is 2.12. The number of benzene rings is 1. The number of rotatable bonds is 4. The first-order chi connectivity index (χ1) is 10.6. The average Bonchev–Trinajstić information content (AvgIpc) is 3.36. The number of amides is 2. The highest BCUT2D eigenvalue weighted by Gasteiger charge is 2.29. The summed E-state index contributed by atoms with van der Waals surface area (Å²) in [5.74, 6) is 0.000832. The monoisotopic (exact) mass is 295 g/mol. The quantitative estimate of drug-likeness (QED) is 0.911. The van der Waals surface area contributed by atoms with Crippen molar-refractivity contribution >= 4 is 23.2 Å². The maximum atomic E-state index is 12.1. The van der Waals surface area contributed by atoms with E-state index in [0.717, 1.165) is 24.1 Å². The molecule has 0 bridgehead atoms. The zero-order chi connectivity index (χ0) is 15.5. The molecule has 1 heterocycles. The summed E-state index contributed by atoms with van der Waals surface area (Å²) >= 11 is 0. The van der Waals surface area contributed by atoms with E-state index in [-0.39, 0.29) is 17.7 Å². The minimum Gasteiger partial charge on any atom is -0.326 e. The molecule has 3 rings (SSSR count). The Labute approximate surface area is 128 Å². The first kappa shape index (κ1) is 14.3. The molecule has 1 aliphatic carbocycles. The van der Waals surface area contributed by atoms with Gasteiger partial charge in [-0.15, -0.1) is 0 Å². The molecule has 2 amide bonds. The summed E-state index contributed by atoms with van der Waals surface area (Å²) in [6.07, 6.45) is 5.07. The van der Waals surface area contributed by atoms with Crippen molar-refractivity contribution < 1.29 is 9.59 Å². The molecule has 1 saturated carbocycles. The lowest BCUT2D eigenvalue weighted by molar-refractivity contribution is -0.117. The zero-order valence-electron chi connectivity index (χ0n) is 12.3. The first-order valence-electron chi connectivity index (χ1n) is 7.26. The van der Waals surface area contributed by atoms with E-state index in [4.69, 9.17) is 0 Å². The fourth-order valence-corrected chi connectivity index (χ4v) is 2.12. The van der Waals surface area contributed by atoms with Gasteiger partial charge in [-0.1, -0.05) is 6.07 Å². The molecule has 5 nitrogen and oxygen atoms in total. The van der Waals surface area contributed by atoms with Crippen molar-refractivity contribution in [3.05, 3.63) is 53.9 Å². The smallest absolute Gasteiger partial charge is 0.255 e. The van der Waals surface area contributed by atoms with Crippen molar-refractivity contribution in [2.45, 2.75) is 19.8 Å². The van der Waals surface area contributed by atoms with Gasteiger partial charge in [0.25, 0.3) is 5.91 Å². The van der Waals surface area contributed by atoms with Gasteiger partial charge in [-0.25, -0.2) is 0 Å². The van der Waals surface area contributed by atoms with Crippen molar-refractivity contribution in [2.24, 2.45) is 5.92 Å². The molecule has 0 aliphatic heterocycles. The van der Waals surface area contributed by atoms with Crippen LogP contribution < -0.4 is 10.6 Å². The summed E-state index contributed by atoms with van der Waals surface area (Å²) in [4.78, 5) is 27.9. The Morgan fingerprint density at radius 3 is 2.50 bits per heavy atom. The number of carbonyl (C=O) groups is 2. The van der Waals surface area contributed by atoms with Crippen LogP contribution >= 0.6 is 0 Å². The van der Waals surface area contributed by atoms with E-state index in [1.807, 2.05) is 19.1 Å². The van der Waals surface area contributed by atoms with E-state index in [1.165, 1.54) is 0 Å². The SMILES string of the molecule is Cc1ccc(NC(=O)c2ccncc2)cc1NC(=O)C1CC1. The third kappa shape index (κ3) is 3.31. The van der Waals surface area contributed by atoms with Crippen molar-refractivity contribution in [3.8, 4) is 0 Å². The van der Waals surface area contributed by atoms with Gasteiger partial charge in [-0.05, 0) is 49.6 Å².